The summed E-state index contributed by atoms with van der Waals surface area (Å²) in [4.78, 5) is 21.1. The Hall–Kier alpha value is -1.06. The highest BCUT2D eigenvalue weighted by Crippen LogP contribution is 2.21. The molecule has 1 aliphatic rings. The third-order valence-electron chi connectivity index (χ3n) is 2.18. The molecule has 1 unspecified atom stereocenters. The van der Waals surface area contributed by atoms with E-state index in [0.717, 1.165) is 25.7 Å². The number of carbonyl (C=O) groups is 2. The van der Waals surface area contributed by atoms with Gasteiger partial charge >= 0.3 is 5.97 Å². The summed E-state index contributed by atoms with van der Waals surface area (Å²) in [7, 11) is 0. The predicted octanol–water partition coefficient (Wildman–Crippen LogP) is 1.03. The van der Waals surface area contributed by atoms with Gasteiger partial charge in [0.2, 0.25) is 0 Å². The summed E-state index contributed by atoms with van der Waals surface area (Å²) in [5.41, 5.74) is 0. The Kier molecular flexibility index (Phi) is 3.73. The Morgan fingerprint density at radius 3 is 2.62 bits per heavy atom. The van der Waals surface area contributed by atoms with E-state index >= 15 is 0 Å². The first kappa shape index (κ1) is 10.0. The molecule has 0 aliphatic heterocycles. The molecule has 4 nitrogen and oxygen atoms in total. The predicted molar refractivity (Wildman–Crippen MR) is 45.0 cm³/mol. The van der Waals surface area contributed by atoms with Gasteiger partial charge in [-0.2, -0.15) is 0 Å². The fourth-order valence-corrected chi connectivity index (χ4v) is 1.41. The second kappa shape index (κ2) is 4.84. The normalized spacial score (nSPS) is 19.5. The molecule has 1 saturated carbocycles. The molecule has 0 saturated heterocycles. The standard InChI is InChI=1S/C9H14O4/c1-7(12-6-10)9(11)13-8-4-2-3-5-8/h6-8H,2-5H2,1H3. The molecule has 0 bridgehead atoms. The first-order chi connectivity index (χ1) is 6.24. The highest BCUT2D eigenvalue weighted by molar-refractivity contribution is 5.75. The van der Waals surface area contributed by atoms with Gasteiger partial charge in [-0.1, -0.05) is 0 Å². The van der Waals surface area contributed by atoms with Gasteiger partial charge in [-0.05, 0) is 32.6 Å². The van der Waals surface area contributed by atoms with E-state index in [2.05, 4.69) is 4.74 Å². The van der Waals surface area contributed by atoms with E-state index in [9.17, 15) is 9.59 Å². The van der Waals surface area contributed by atoms with Crippen LogP contribution in [0.15, 0.2) is 0 Å². The Morgan fingerprint density at radius 2 is 2.08 bits per heavy atom. The summed E-state index contributed by atoms with van der Waals surface area (Å²) in [6, 6.07) is 0. The first-order valence-electron chi connectivity index (χ1n) is 4.53. The first-order valence-corrected chi connectivity index (χ1v) is 4.53. The van der Waals surface area contributed by atoms with Crippen molar-refractivity contribution in [2.75, 3.05) is 0 Å². The van der Waals surface area contributed by atoms with Gasteiger partial charge < -0.3 is 9.47 Å². The van der Waals surface area contributed by atoms with Crippen LogP contribution in [-0.4, -0.2) is 24.6 Å². The van der Waals surface area contributed by atoms with Crippen molar-refractivity contribution in [3.63, 3.8) is 0 Å². The van der Waals surface area contributed by atoms with Crippen molar-refractivity contribution < 1.29 is 19.1 Å². The van der Waals surface area contributed by atoms with Crippen molar-refractivity contribution in [2.45, 2.75) is 44.8 Å². The fourth-order valence-electron chi connectivity index (χ4n) is 1.41. The van der Waals surface area contributed by atoms with Crippen molar-refractivity contribution in [1.29, 1.82) is 0 Å². The molecule has 1 rings (SSSR count). The highest BCUT2D eigenvalue weighted by atomic mass is 16.6. The zero-order chi connectivity index (χ0) is 9.68. The summed E-state index contributed by atoms with van der Waals surface area (Å²) < 4.78 is 9.56. The third kappa shape index (κ3) is 3.05. The lowest BCUT2D eigenvalue weighted by atomic mass is 10.3. The Balaban J connectivity index is 2.26. The molecule has 0 amide bonds. The molecule has 0 aromatic rings. The molecule has 0 N–H and O–H groups in total. The monoisotopic (exact) mass is 186 g/mol. The van der Waals surface area contributed by atoms with Crippen LogP contribution in [0.5, 0.6) is 0 Å². The average Bonchev–Trinajstić information content (AvgIpc) is 2.57. The van der Waals surface area contributed by atoms with E-state index in [1.165, 1.54) is 6.92 Å². The maximum Gasteiger partial charge on any atom is 0.347 e. The Morgan fingerprint density at radius 1 is 1.46 bits per heavy atom. The third-order valence-corrected chi connectivity index (χ3v) is 2.18. The molecular weight excluding hydrogens is 172 g/mol. The maximum atomic E-state index is 11.2. The van der Waals surface area contributed by atoms with Crippen molar-refractivity contribution in [1.82, 2.24) is 0 Å². The SMILES string of the molecule is CC(OC=O)C(=O)OC1CCCC1. The number of carbonyl (C=O) groups excluding carboxylic acids is 2. The molecule has 1 fully saturated rings. The lowest BCUT2D eigenvalue weighted by Crippen LogP contribution is -2.26. The molecule has 74 valence electrons. The fraction of sp³-hybridized carbons (Fsp3) is 0.778. The van der Waals surface area contributed by atoms with E-state index in [0.29, 0.717) is 0 Å². The summed E-state index contributed by atoms with van der Waals surface area (Å²) in [5, 5.41) is 0. The molecule has 1 aliphatic carbocycles. The van der Waals surface area contributed by atoms with E-state index in [1.54, 1.807) is 0 Å². The van der Waals surface area contributed by atoms with Crippen LogP contribution in [0.3, 0.4) is 0 Å². The molecule has 13 heavy (non-hydrogen) atoms. The van der Waals surface area contributed by atoms with Gasteiger partial charge in [0.1, 0.15) is 6.10 Å². The zero-order valence-corrected chi connectivity index (χ0v) is 7.69. The lowest BCUT2D eigenvalue weighted by molar-refractivity contribution is -0.164. The minimum absolute atomic E-state index is 0.0326. The highest BCUT2D eigenvalue weighted by Gasteiger charge is 2.23. The summed E-state index contributed by atoms with van der Waals surface area (Å²) >= 11 is 0. The molecule has 1 atom stereocenters. The van der Waals surface area contributed by atoms with Gasteiger partial charge in [-0.25, -0.2) is 4.79 Å². The maximum absolute atomic E-state index is 11.2. The molecule has 4 heteroatoms. The molecule has 0 aromatic heterocycles. The average molecular weight is 186 g/mol. The van der Waals surface area contributed by atoms with Crippen LogP contribution in [0.2, 0.25) is 0 Å². The van der Waals surface area contributed by atoms with Crippen molar-refractivity contribution in [3.05, 3.63) is 0 Å². The second-order valence-corrected chi connectivity index (χ2v) is 3.22. The number of hydrogen-bond acceptors (Lipinski definition) is 4. The van der Waals surface area contributed by atoms with Gasteiger partial charge in [0.15, 0.2) is 6.10 Å². The Bertz CT molecular complexity index is 184. The van der Waals surface area contributed by atoms with E-state index in [4.69, 9.17) is 4.74 Å². The van der Waals surface area contributed by atoms with Crippen LogP contribution >= 0.6 is 0 Å². The lowest BCUT2D eigenvalue weighted by Gasteiger charge is -2.14. The summed E-state index contributed by atoms with van der Waals surface area (Å²) in [5.74, 6) is -0.445. The smallest absolute Gasteiger partial charge is 0.347 e. The zero-order valence-electron chi connectivity index (χ0n) is 7.69. The van der Waals surface area contributed by atoms with Crippen LogP contribution in [0.1, 0.15) is 32.6 Å². The summed E-state index contributed by atoms with van der Waals surface area (Å²) in [6.45, 7) is 1.77. The van der Waals surface area contributed by atoms with Crippen LogP contribution in [0.25, 0.3) is 0 Å². The van der Waals surface area contributed by atoms with Gasteiger partial charge in [0.25, 0.3) is 6.47 Å². The number of hydrogen-bond donors (Lipinski definition) is 0. The minimum Gasteiger partial charge on any atom is -0.460 e. The van der Waals surface area contributed by atoms with Crippen molar-refractivity contribution in [3.8, 4) is 0 Å². The molecule has 0 aromatic carbocycles. The summed E-state index contributed by atoms with van der Waals surface area (Å²) in [6.07, 6.45) is 3.34. The van der Waals surface area contributed by atoms with Crippen LogP contribution in [0.4, 0.5) is 0 Å². The molecule has 0 heterocycles. The van der Waals surface area contributed by atoms with E-state index in [-0.39, 0.29) is 12.6 Å². The van der Waals surface area contributed by atoms with Gasteiger partial charge in [-0.3, -0.25) is 4.79 Å². The van der Waals surface area contributed by atoms with Gasteiger partial charge in [0.05, 0.1) is 0 Å². The van der Waals surface area contributed by atoms with Gasteiger partial charge in [-0.15, -0.1) is 0 Å². The van der Waals surface area contributed by atoms with Crippen molar-refractivity contribution in [2.24, 2.45) is 0 Å². The van der Waals surface area contributed by atoms with E-state index < -0.39 is 12.1 Å². The molecular formula is C9H14O4. The number of ether oxygens (including phenoxy) is 2. The quantitative estimate of drug-likeness (QED) is 0.486. The van der Waals surface area contributed by atoms with Gasteiger partial charge in [0, 0.05) is 0 Å². The van der Waals surface area contributed by atoms with Crippen molar-refractivity contribution >= 4 is 12.4 Å². The number of rotatable bonds is 4. The minimum atomic E-state index is -0.780. The molecule has 0 spiro atoms. The topological polar surface area (TPSA) is 52.6 Å². The van der Waals surface area contributed by atoms with E-state index in [1.807, 2.05) is 0 Å². The number of esters is 1. The van der Waals surface area contributed by atoms with Crippen LogP contribution in [-0.2, 0) is 19.1 Å². The molecule has 0 radical (unpaired) electrons. The second-order valence-electron chi connectivity index (χ2n) is 3.22. The van der Waals surface area contributed by atoms with Crippen LogP contribution < -0.4 is 0 Å². The van der Waals surface area contributed by atoms with Crippen LogP contribution in [0, 0.1) is 0 Å². The largest absolute Gasteiger partial charge is 0.460 e. The Labute approximate surface area is 77.2 Å².